The average Bonchev–Trinajstić information content (AvgIpc) is 2.37. The van der Waals surface area contributed by atoms with Gasteiger partial charge in [-0.2, -0.15) is 5.10 Å². The van der Waals surface area contributed by atoms with E-state index in [2.05, 4.69) is 5.10 Å². The number of nitrogens with zero attached hydrogens (tertiary/aromatic N) is 2. The van der Waals surface area contributed by atoms with Gasteiger partial charge in [0.05, 0.1) is 11.4 Å². The van der Waals surface area contributed by atoms with Crippen LogP contribution < -0.4 is 0 Å². The summed E-state index contributed by atoms with van der Waals surface area (Å²) in [6.45, 7) is 3.70. The van der Waals surface area contributed by atoms with Gasteiger partial charge in [0, 0.05) is 7.05 Å². The van der Waals surface area contributed by atoms with Gasteiger partial charge in [-0.1, -0.05) is 13.0 Å². The van der Waals surface area contributed by atoms with Gasteiger partial charge in [0.15, 0.2) is 0 Å². The lowest BCUT2D eigenvalue weighted by Gasteiger charge is -1.96. The molecule has 4 heteroatoms. The molecule has 0 bridgehead atoms. The first kappa shape index (κ1) is 10.5. The molecule has 0 amide bonds. The number of carbonyl (C=O) groups is 1. The lowest BCUT2D eigenvalue weighted by molar-refractivity contribution is 0.0696. The fraction of sp³-hybridized carbons (Fsp3) is 0.400. The number of carboxylic acids is 1. The van der Waals surface area contributed by atoms with E-state index in [1.54, 1.807) is 24.7 Å². The van der Waals surface area contributed by atoms with Crippen molar-refractivity contribution in [2.45, 2.75) is 20.3 Å². The molecule has 0 aromatic carbocycles. The third-order valence-corrected chi connectivity index (χ3v) is 1.99. The minimum atomic E-state index is -0.925. The highest BCUT2D eigenvalue weighted by Crippen LogP contribution is 2.14. The van der Waals surface area contributed by atoms with Crippen LogP contribution >= 0.6 is 0 Å². The first-order chi connectivity index (χ1) is 6.57. The Morgan fingerprint density at radius 2 is 2.29 bits per heavy atom. The fourth-order valence-corrected chi connectivity index (χ4v) is 1.36. The summed E-state index contributed by atoms with van der Waals surface area (Å²) >= 11 is 0. The predicted octanol–water partition coefficient (Wildman–Crippen LogP) is 1.85. The average molecular weight is 194 g/mol. The molecule has 1 rings (SSSR count). The van der Waals surface area contributed by atoms with Gasteiger partial charge in [0.25, 0.3) is 0 Å². The molecule has 0 saturated heterocycles. The van der Waals surface area contributed by atoms with E-state index in [1.165, 1.54) is 0 Å². The minimum absolute atomic E-state index is 0.289. The molecule has 0 atom stereocenters. The topological polar surface area (TPSA) is 55.1 Å². The Balaban J connectivity index is 3.25. The Morgan fingerprint density at radius 3 is 2.79 bits per heavy atom. The third-order valence-electron chi connectivity index (χ3n) is 1.99. The molecule has 1 aromatic heterocycles. The SMILES string of the molecule is CC/C=C\c1c(C(=O)O)c(C)nn1C. The van der Waals surface area contributed by atoms with Crippen molar-refractivity contribution in [3.8, 4) is 0 Å². The smallest absolute Gasteiger partial charge is 0.339 e. The number of hydrogen-bond acceptors (Lipinski definition) is 2. The Kier molecular flexibility index (Phi) is 3.06. The molecule has 76 valence electrons. The second-order valence-corrected chi connectivity index (χ2v) is 3.09. The molecule has 0 aliphatic heterocycles. The molecule has 1 heterocycles. The summed E-state index contributed by atoms with van der Waals surface area (Å²) < 4.78 is 1.59. The number of aryl methyl sites for hydroxylation is 2. The van der Waals surface area contributed by atoms with Crippen molar-refractivity contribution in [3.05, 3.63) is 23.0 Å². The van der Waals surface area contributed by atoms with Gasteiger partial charge >= 0.3 is 5.97 Å². The van der Waals surface area contributed by atoms with Crippen LogP contribution in [0.25, 0.3) is 6.08 Å². The summed E-state index contributed by atoms with van der Waals surface area (Å²) in [6.07, 6.45) is 4.59. The summed E-state index contributed by atoms with van der Waals surface area (Å²) in [5, 5.41) is 13.0. The Bertz CT molecular complexity index is 378. The first-order valence-electron chi connectivity index (χ1n) is 4.51. The zero-order valence-corrected chi connectivity index (χ0v) is 8.61. The largest absolute Gasteiger partial charge is 0.478 e. The van der Waals surface area contributed by atoms with Crippen LogP contribution in [0.3, 0.4) is 0 Å². The molecule has 0 radical (unpaired) electrons. The number of aromatic carboxylic acids is 1. The van der Waals surface area contributed by atoms with Crippen LogP contribution in [0, 0.1) is 6.92 Å². The van der Waals surface area contributed by atoms with Crippen LogP contribution in [0.1, 0.15) is 35.1 Å². The maximum absolute atomic E-state index is 10.9. The van der Waals surface area contributed by atoms with E-state index in [4.69, 9.17) is 5.11 Å². The summed E-state index contributed by atoms with van der Waals surface area (Å²) in [4.78, 5) is 10.9. The van der Waals surface area contributed by atoms with Crippen molar-refractivity contribution in [2.75, 3.05) is 0 Å². The molecule has 0 unspecified atom stereocenters. The van der Waals surface area contributed by atoms with Crippen LogP contribution in [-0.4, -0.2) is 20.9 Å². The Hall–Kier alpha value is -1.58. The van der Waals surface area contributed by atoms with Gasteiger partial charge in [0.2, 0.25) is 0 Å². The van der Waals surface area contributed by atoms with Crippen molar-refractivity contribution < 1.29 is 9.90 Å². The van der Waals surface area contributed by atoms with E-state index in [-0.39, 0.29) is 5.56 Å². The number of carboxylic acid groups (broad SMARTS) is 1. The van der Waals surface area contributed by atoms with Crippen molar-refractivity contribution in [1.82, 2.24) is 9.78 Å². The van der Waals surface area contributed by atoms with Crippen molar-refractivity contribution in [1.29, 1.82) is 0 Å². The van der Waals surface area contributed by atoms with Crippen molar-refractivity contribution in [3.63, 3.8) is 0 Å². The van der Waals surface area contributed by atoms with Gasteiger partial charge in [-0.3, -0.25) is 4.68 Å². The molecular formula is C10H14N2O2. The minimum Gasteiger partial charge on any atom is -0.478 e. The second kappa shape index (κ2) is 4.09. The monoisotopic (exact) mass is 194 g/mol. The number of aromatic nitrogens is 2. The standard InChI is InChI=1S/C10H14N2O2/c1-4-5-6-8-9(10(13)14)7(2)11-12(8)3/h5-6H,4H2,1-3H3,(H,13,14)/b6-5-. The Labute approximate surface area is 82.9 Å². The summed E-state index contributed by atoms with van der Waals surface area (Å²) in [7, 11) is 1.74. The van der Waals surface area contributed by atoms with Crippen LogP contribution in [0.5, 0.6) is 0 Å². The fourth-order valence-electron chi connectivity index (χ4n) is 1.36. The van der Waals surface area contributed by atoms with E-state index in [0.717, 1.165) is 6.42 Å². The molecule has 0 fully saturated rings. The molecule has 1 aromatic rings. The number of hydrogen-bond donors (Lipinski definition) is 1. The highest BCUT2D eigenvalue weighted by molar-refractivity contribution is 5.92. The molecule has 0 aliphatic rings. The van der Waals surface area contributed by atoms with Gasteiger partial charge in [-0.25, -0.2) is 4.79 Å². The van der Waals surface area contributed by atoms with Gasteiger partial charge in [-0.05, 0) is 19.4 Å². The molecule has 4 nitrogen and oxygen atoms in total. The van der Waals surface area contributed by atoms with Crippen LogP contribution in [0.15, 0.2) is 6.08 Å². The zero-order valence-electron chi connectivity index (χ0n) is 8.61. The lowest BCUT2D eigenvalue weighted by atomic mass is 10.2. The maximum atomic E-state index is 10.9. The Morgan fingerprint density at radius 1 is 1.64 bits per heavy atom. The summed E-state index contributed by atoms with van der Waals surface area (Å²) in [6, 6.07) is 0. The first-order valence-corrected chi connectivity index (χ1v) is 4.51. The number of allylic oxidation sites excluding steroid dienone is 1. The van der Waals surface area contributed by atoms with Crippen molar-refractivity contribution >= 4 is 12.0 Å². The van der Waals surface area contributed by atoms with Gasteiger partial charge in [0.1, 0.15) is 5.56 Å². The zero-order chi connectivity index (χ0) is 10.7. The lowest BCUT2D eigenvalue weighted by Crippen LogP contribution is -2.01. The molecular weight excluding hydrogens is 180 g/mol. The van der Waals surface area contributed by atoms with Crippen LogP contribution in [-0.2, 0) is 7.05 Å². The molecule has 14 heavy (non-hydrogen) atoms. The van der Waals surface area contributed by atoms with Crippen LogP contribution in [0.2, 0.25) is 0 Å². The molecule has 1 N–H and O–H groups in total. The maximum Gasteiger partial charge on any atom is 0.339 e. The van der Waals surface area contributed by atoms with E-state index in [9.17, 15) is 4.79 Å². The van der Waals surface area contributed by atoms with Gasteiger partial charge < -0.3 is 5.11 Å². The second-order valence-electron chi connectivity index (χ2n) is 3.09. The van der Waals surface area contributed by atoms with Crippen molar-refractivity contribution in [2.24, 2.45) is 7.05 Å². The van der Waals surface area contributed by atoms with Gasteiger partial charge in [-0.15, -0.1) is 0 Å². The summed E-state index contributed by atoms with van der Waals surface area (Å²) in [5.41, 5.74) is 1.49. The quantitative estimate of drug-likeness (QED) is 0.798. The third kappa shape index (κ3) is 1.84. The van der Waals surface area contributed by atoms with E-state index >= 15 is 0 Å². The molecule has 0 spiro atoms. The highest BCUT2D eigenvalue weighted by Gasteiger charge is 2.16. The summed E-state index contributed by atoms with van der Waals surface area (Å²) in [5.74, 6) is -0.925. The van der Waals surface area contributed by atoms with E-state index in [0.29, 0.717) is 11.4 Å². The van der Waals surface area contributed by atoms with E-state index in [1.807, 2.05) is 13.0 Å². The van der Waals surface area contributed by atoms with Crippen LogP contribution in [0.4, 0.5) is 0 Å². The highest BCUT2D eigenvalue weighted by atomic mass is 16.4. The van der Waals surface area contributed by atoms with E-state index < -0.39 is 5.97 Å². The molecule has 0 aliphatic carbocycles. The number of rotatable bonds is 3. The normalized spacial score (nSPS) is 11.1. The molecule has 0 saturated carbocycles. The predicted molar refractivity (Wildman–Crippen MR) is 54.2 cm³/mol.